The number of nitriles is 1. The van der Waals surface area contributed by atoms with Gasteiger partial charge in [0.05, 0.1) is 12.7 Å². The fourth-order valence-electron chi connectivity index (χ4n) is 1.40. The zero-order valence-electron chi connectivity index (χ0n) is 11.0. The highest BCUT2D eigenvalue weighted by Crippen LogP contribution is 2.17. The summed E-state index contributed by atoms with van der Waals surface area (Å²) in [7, 11) is 0. The number of anilines is 1. The van der Waals surface area contributed by atoms with Crippen LogP contribution in [0.5, 0.6) is 5.75 Å². The number of unbranched alkanes of at least 4 members (excludes halogenated alkanes) is 1. The minimum Gasteiger partial charge on any atom is -0.493 e. The van der Waals surface area contributed by atoms with Crippen LogP contribution in [0.2, 0.25) is 0 Å². The monoisotopic (exact) mass is 262 g/mol. The largest absolute Gasteiger partial charge is 0.493 e. The molecule has 0 saturated carbocycles. The molecule has 0 radical (unpaired) electrons. The van der Waals surface area contributed by atoms with Crippen molar-refractivity contribution in [2.75, 3.05) is 25.1 Å². The highest BCUT2D eigenvalue weighted by molar-refractivity contribution is 5.91. The van der Waals surface area contributed by atoms with Gasteiger partial charge in [0.1, 0.15) is 12.4 Å². The van der Waals surface area contributed by atoms with Crippen molar-refractivity contribution in [2.45, 2.75) is 19.8 Å². The van der Waals surface area contributed by atoms with Crippen LogP contribution in [0.1, 0.15) is 19.8 Å². The van der Waals surface area contributed by atoms with E-state index in [0.717, 1.165) is 0 Å². The van der Waals surface area contributed by atoms with Crippen LogP contribution in [0, 0.1) is 11.3 Å². The quantitative estimate of drug-likeness (QED) is 0.730. The maximum Gasteiger partial charge on any atom is 0.250 e. The molecular weight excluding hydrogens is 244 g/mol. The topological polar surface area (TPSA) is 71.3 Å². The van der Waals surface area contributed by atoms with Crippen molar-refractivity contribution < 1.29 is 14.3 Å². The summed E-state index contributed by atoms with van der Waals surface area (Å²) in [6.45, 7) is 2.88. The molecule has 0 aliphatic heterocycles. The average Bonchev–Trinajstić information content (AvgIpc) is 2.42. The minimum atomic E-state index is -0.191. The predicted octanol–water partition coefficient (Wildman–Crippen LogP) is 2.34. The van der Waals surface area contributed by atoms with Crippen molar-refractivity contribution >= 4 is 11.6 Å². The summed E-state index contributed by atoms with van der Waals surface area (Å²) in [4.78, 5) is 11.5. The minimum absolute atomic E-state index is 0.0454. The molecule has 0 atom stereocenters. The van der Waals surface area contributed by atoms with Crippen LogP contribution in [0.15, 0.2) is 24.3 Å². The van der Waals surface area contributed by atoms with Crippen molar-refractivity contribution in [2.24, 2.45) is 0 Å². The van der Waals surface area contributed by atoms with Crippen LogP contribution in [0.25, 0.3) is 0 Å². The third-order valence-electron chi connectivity index (χ3n) is 2.26. The maximum absolute atomic E-state index is 11.5. The number of hydrogen-bond acceptors (Lipinski definition) is 4. The average molecular weight is 262 g/mol. The van der Waals surface area contributed by atoms with Crippen molar-refractivity contribution in [3.8, 4) is 11.8 Å². The van der Waals surface area contributed by atoms with E-state index in [4.69, 9.17) is 14.7 Å². The highest BCUT2D eigenvalue weighted by atomic mass is 16.5. The van der Waals surface area contributed by atoms with Crippen LogP contribution in [-0.4, -0.2) is 25.7 Å². The zero-order valence-corrected chi connectivity index (χ0v) is 11.0. The van der Waals surface area contributed by atoms with E-state index >= 15 is 0 Å². The van der Waals surface area contributed by atoms with E-state index in [1.807, 2.05) is 13.0 Å². The first kappa shape index (κ1) is 15.0. The smallest absolute Gasteiger partial charge is 0.250 e. The van der Waals surface area contributed by atoms with Gasteiger partial charge in [-0.2, -0.15) is 5.26 Å². The Bertz CT molecular complexity index is 441. The molecule has 5 nitrogen and oxygen atoms in total. The van der Waals surface area contributed by atoms with E-state index in [1.165, 1.54) is 0 Å². The number of amides is 1. The predicted molar refractivity (Wildman–Crippen MR) is 71.9 cm³/mol. The molecule has 0 aliphatic rings. The van der Waals surface area contributed by atoms with E-state index in [1.54, 1.807) is 18.2 Å². The van der Waals surface area contributed by atoms with Crippen LogP contribution >= 0.6 is 0 Å². The van der Waals surface area contributed by atoms with E-state index < -0.39 is 0 Å². The summed E-state index contributed by atoms with van der Waals surface area (Å²) in [5.74, 6) is 0.482. The van der Waals surface area contributed by atoms with Crippen LogP contribution in [0.3, 0.4) is 0 Å². The van der Waals surface area contributed by atoms with Gasteiger partial charge in [-0.25, -0.2) is 0 Å². The first-order valence-corrected chi connectivity index (χ1v) is 6.23. The number of nitrogens with zero attached hydrogens (tertiary/aromatic N) is 1. The van der Waals surface area contributed by atoms with Crippen LogP contribution < -0.4 is 10.1 Å². The summed E-state index contributed by atoms with van der Waals surface area (Å²) in [5, 5.41) is 11.1. The first-order valence-electron chi connectivity index (χ1n) is 6.23. The van der Waals surface area contributed by atoms with Gasteiger partial charge in [-0.05, 0) is 25.5 Å². The Labute approximate surface area is 113 Å². The molecule has 0 heterocycles. The fraction of sp³-hybridized carbons (Fsp3) is 0.429. The van der Waals surface area contributed by atoms with Gasteiger partial charge in [0.15, 0.2) is 0 Å². The molecule has 0 saturated heterocycles. The molecule has 0 spiro atoms. The van der Waals surface area contributed by atoms with Gasteiger partial charge < -0.3 is 14.8 Å². The van der Waals surface area contributed by atoms with Gasteiger partial charge >= 0.3 is 0 Å². The van der Waals surface area contributed by atoms with Gasteiger partial charge in [-0.1, -0.05) is 6.07 Å². The lowest BCUT2D eigenvalue weighted by molar-refractivity contribution is -0.120. The van der Waals surface area contributed by atoms with Gasteiger partial charge in [0, 0.05) is 24.8 Å². The Morgan fingerprint density at radius 1 is 1.47 bits per heavy atom. The lowest BCUT2D eigenvalue weighted by Crippen LogP contribution is -2.18. The molecule has 102 valence electrons. The number of carbonyl (C=O) groups is 1. The van der Waals surface area contributed by atoms with Crippen molar-refractivity contribution in [1.82, 2.24) is 0 Å². The second-order valence-electron chi connectivity index (χ2n) is 3.82. The molecule has 1 rings (SSSR count). The number of hydrogen-bond donors (Lipinski definition) is 1. The van der Waals surface area contributed by atoms with Crippen molar-refractivity contribution in [1.29, 1.82) is 5.26 Å². The molecule has 1 amide bonds. The van der Waals surface area contributed by atoms with E-state index in [-0.39, 0.29) is 12.5 Å². The standard InChI is InChI=1S/C14H18N2O3/c1-2-18-11-14(17)16-12-6-5-7-13(10-12)19-9-4-3-8-15/h5-7,10H,2-4,9,11H2,1H3,(H,16,17). The molecule has 0 bridgehead atoms. The molecule has 5 heteroatoms. The number of ether oxygens (including phenoxy) is 2. The van der Waals surface area contributed by atoms with Crippen molar-refractivity contribution in [3.05, 3.63) is 24.3 Å². The maximum atomic E-state index is 11.5. The summed E-state index contributed by atoms with van der Waals surface area (Å²) < 4.78 is 10.5. The number of benzene rings is 1. The molecule has 0 aromatic heterocycles. The Kier molecular flexibility index (Phi) is 7.06. The van der Waals surface area contributed by atoms with Crippen LogP contribution in [-0.2, 0) is 9.53 Å². The third-order valence-corrected chi connectivity index (χ3v) is 2.26. The molecule has 0 fully saturated rings. The molecular formula is C14H18N2O3. The Hall–Kier alpha value is -2.06. The zero-order chi connectivity index (χ0) is 13.9. The van der Waals surface area contributed by atoms with Crippen molar-refractivity contribution in [3.63, 3.8) is 0 Å². The molecule has 0 aliphatic carbocycles. The SMILES string of the molecule is CCOCC(=O)Nc1cccc(OCCCC#N)c1. The molecule has 1 aromatic rings. The summed E-state index contributed by atoms with van der Waals surface area (Å²) >= 11 is 0. The highest BCUT2D eigenvalue weighted by Gasteiger charge is 2.03. The van der Waals surface area contributed by atoms with Gasteiger partial charge in [0.2, 0.25) is 5.91 Å². The fourth-order valence-corrected chi connectivity index (χ4v) is 1.40. The normalized spacial score (nSPS) is 9.68. The second-order valence-corrected chi connectivity index (χ2v) is 3.82. The Morgan fingerprint density at radius 2 is 2.32 bits per heavy atom. The van der Waals surface area contributed by atoms with Gasteiger partial charge in [-0.15, -0.1) is 0 Å². The summed E-state index contributed by atoms with van der Waals surface area (Å²) in [6.07, 6.45) is 1.17. The van der Waals surface area contributed by atoms with Gasteiger partial charge in [-0.3, -0.25) is 4.79 Å². The Morgan fingerprint density at radius 3 is 3.05 bits per heavy atom. The molecule has 1 aromatic carbocycles. The van der Waals surface area contributed by atoms with E-state index in [2.05, 4.69) is 11.4 Å². The second kappa shape index (κ2) is 8.95. The summed E-state index contributed by atoms with van der Waals surface area (Å²) in [6, 6.07) is 9.20. The van der Waals surface area contributed by atoms with E-state index in [0.29, 0.717) is 37.5 Å². The molecule has 19 heavy (non-hydrogen) atoms. The number of carbonyl (C=O) groups excluding carboxylic acids is 1. The van der Waals surface area contributed by atoms with E-state index in [9.17, 15) is 4.79 Å². The lowest BCUT2D eigenvalue weighted by atomic mass is 10.3. The molecule has 0 unspecified atom stereocenters. The molecule has 1 N–H and O–H groups in total. The number of nitrogens with one attached hydrogen (secondary N) is 1. The Balaban J connectivity index is 2.43. The number of rotatable bonds is 8. The summed E-state index contributed by atoms with van der Waals surface area (Å²) in [5.41, 5.74) is 0.669. The first-order chi connectivity index (χ1) is 9.26. The van der Waals surface area contributed by atoms with Gasteiger partial charge in [0.25, 0.3) is 0 Å². The third kappa shape index (κ3) is 6.43. The lowest BCUT2D eigenvalue weighted by Gasteiger charge is -2.08. The van der Waals surface area contributed by atoms with Crippen LogP contribution in [0.4, 0.5) is 5.69 Å².